The Kier molecular flexibility index (Phi) is 6.32. The second-order valence-corrected chi connectivity index (χ2v) is 8.74. The van der Waals surface area contributed by atoms with Gasteiger partial charge in [-0.2, -0.15) is 0 Å². The zero-order valence-corrected chi connectivity index (χ0v) is 16.7. The van der Waals surface area contributed by atoms with E-state index in [1.807, 2.05) is 18.2 Å². The Morgan fingerprint density at radius 2 is 2.07 bits per heavy atom. The number of benzene rings is 1. The number of ether oxygens (including phenoxy) is 1. The molecule has 2 atom stereocenters. The van der Waals surface area contributed by atoms with E-state index in [-0.39, 0.29) is 17.2 Å². The molecule has 3 rings (SSSR count). The summed E-state index contributed by atoms with van der Waals surface area (Å²) < 4.78 is 4.88. The van der Waals surface area contributed by atoms with Crippen molar-refractivity contribution in [1.82, 2.24) is 10.6 Å². The third-order valence-corrected chi connectivity index (χ3v) is 7.03. The topological polar surface area (TPSA) is 84.5 Å². The molecule has 0 radical (unpaired) electrons. The summed E-state index contributed by atoms with van der Waals surface area (Å²) in [5.74, 6) is -0.609. The summed E-state index contributed by atoms with van der Waals surface area (Å²) in [6.45, 7) is 1.76. The highest BCUT2D eigenvalue weighted by Gasteiger charge is 2.47. The van der Waals surface area contributed by atoms with Crippen LogP contribution in [0.2, 0.25) is 5.02 Å². The largest absolute Gasteiger partial charge is 0.451 e. The van der Waals surface area contributed by atoms with E-state index in [4.69, 9.17) is 16.3 Å². The molecule has 2 fully saturated rings. The lowest BCUT2D eigenvalue weighted by atomic mass is 10.1. The number of halogens is 1. The van der Waals surface area contributed by atoms with E-state index in [1.54, 1.807) is 6.07 Å². The summed E-state index contributed by atoms with van der Waals surface area (Å²) in [5, 5.41) is 6.04. The maximum Gasteiger partial charge on any atom is 0.330 e. The smallest absolute Gasteiger partial charge is 0.330 e. The minimum absolute atomic E-state index is 0.0889. The van der Waals surface area contributed by atoms with Crippen molar-refractivity contribution in [3.63, 3.8) is 0 Å². The standard InChI is InChI=1S/C19H23ClN2O4S/c1-12(16(23)21-10-13-6-2-3-7-14(13)20)26-17(24)15-11-27-19(18(25)22-15)8-4-5-9-19/h2-3,6-7,12,15H,4-5,8-11H2,1H3,(H,21,23)(H,22,25). The van der Waals surface area contributed by atoms with Gasteiger partial charge in [-0.15, -0.1) is 11.8 Å². The van der Waals surface area contributed by atoms with Crippen molar-refractivity contribution in [3.8, 4) is 0 Å². The quantitative estimate of drug-likeness (QED) is 0.728. The van der Waals surface area contributed by atoms with Crippen molar-refractivity contribution in [2.24, 2.45) is 0 Å². The van der Waals surface area contributed by atoms with Crippen molar-refractivity contribution < 1.29 is 19.1 Å². The Hall–Kier alpha value is -1.73. The highest BCUT2D eigenvalue weighted by molar-refractivity contribution is 8.01. The number of hydrogen-bond donors (Lipinski definition) is 2. The van der Waals surface area contributed by atoms with Gasteiger partial charge in [0.1, 0.15) is 6.04 Å². The number of thioether (sulfide) groups is 1. The van der Waals surface area contributed by atoms with E-state index in [1.165, 1.54) is 18.7 Å². The van der Waals surface area contributed by atoms with Crippen molar-refractivity contribution >= 4 is 41.1 Å². The second-order valence-electron chi connectivity index (χ2n) is 6.93. The van der Waals surface area contributed by atoms with Crippen LogP contribution in [0.3, 0.4) is 0 Å². The van der Waals surface area contributed by atoms with Gasteiger partial charge >= 0.3 is 5.97 Å². The van der Waals surface area contributed by atoms with Crippen LogP contribution in [0.5, 0.6) is 0 Å². The molecular weight excluding hydrogens is 388 g/mol. The Morgan fingerprint density at radius 1 is 1.37 bits per heavy atom. The first-order chi connectivity index (χ1) is 12.9. The van der Waals surface area contributed by atoms with E-state index in [9.17, 15) is 14.4 Å². The van der Waals surface area contributed by atoms with Crippen LogP contribution in [0, 0.1) is 0 Å². The Bertz CT molecular complexity index is 736. The number of rotatable bonds is 5. The van der Waals surface area contributed by atoms with Gasteiger partial charge in [0.05, 0.1) is 4.75 Å². The molecule has 2 unspecified atom stereocenters. The molecule has 1 spiro atoms. The molecular formula is C19H23ClN2O4S. The van der Waals surface area contributed by atoms with Gasteiger partial charge in [0, 0.05) is 17.3 Å². The average molecular weight is 411 g/mol. The highest BCUT2D eigenvalue weighted by Crippen LogP contribution is 2.44. The van der Waals surface area contributed by atoms with Crippen molar-refractivity contribution in [3.05, 3.63) is 34.9 Å². The lowest BCUT2D eigenvalue weighted by molar-refractivity contribution is -0.157. The third-order valence-electron chi connectivity index (χ3n) is 5.01. The van der Waals surface area contributed by atoms with Crippen LogP contribution in [0.4, 0.5) is 0 Å². The third kappa shape index (κ3) is 4.58. The Morgan fingerprint density at radius 3 is 2.74 bits per heavy atom. The minimum Gasteiger partial charge on any atom is -0.451 e. The molecule has 1 saturated carbocycles. The van der Waals surface area contributed by atoms with Gasteiger partial charge in [0.2, 0.25) is 5.91 Å². The molecule has 27 heavy (non-hydrogen) atoms. The summed E-state index contributed by atoms with van der Waals surface area (Å²) in [6.07, 6.45) is 2.83. The number of carbonyl (C=O) groups excluding carboxylic acids is 3. The number of esters is 1. The average Bonchev–Trinajstić information content (AvgIpc) is 3.12. The van der Waals surface area contributed by atoms with Gasteiger partial charge < -0.3 is 15.4 Å². The fourth-order valence-electron chi connectivity index (χ4n) is 3.36. The van der Waals surface area contributed by atoms with Gasteiger partial charge in [-0.3, -0.25) is 9.59 Å². The molecule has 6 nitrogen and oxygen atoms in total. The normalized spacial score (nSPS) is 22.1. The van der Waals surface area contributed by atoms with Crippen molar-refractivity contribution in [2.45, 2.75) is 56.0 Å². The monoisotopic (exact) mass is 410 g/mol. The first-order valence-corrected chi connectivity index (χ1v) is 10.4. The zero-order valence-electron chi connectivity index (χ0n) is 15.1. The van der Waals surface area contributed by atoms with Gasteiger partial charge in [-0.25, -0.2) is 4.79 Å². The molecule has 8 heteroatoms. The molecule has 2 aliphatic rings. The maximum atomic E-state index is 12.4. The molecule has 1 saturated heterocycles. The molecule has 1 aromatic carbocycles. The minimum atomic E-state index is -0.954. The van der Waals surface area contributed by atoms with Crippen LogP contribution >= 0.6 is 23.4 Å². The summed E-state index contributed by atoms with van der Waals surface area (Å²) in [7, 11) is 0. The second kappa shape index (κ2) is 8.52. The molecule has 2 amide bonds. The van der Waals surface area contributed by atoms with Crippen LogP contribution in [0.1, 0.15) is 38.2 Å². The summed E-state index contributed by atoms with van der Waals surface area (Å²) in [4.78, 5) is 36.9. The molecule has 1 aromatic rings. The van der Waals surface area contributed by atoms with Crippen LogP contribution in [0.15, 0.2) is 24.3 Å². The molecule has 146 valence electrons. The number of amides is 2. The summed E-state index contributed by atoms with van der Waals surface area (Å²) in [5.41, 5.74) is 0.781. The Balaban J connectivity index is 1.48. The SMILES string of the molecule is CC(OC(=O)C1CSC2(CCCC2)C(=O)N1)C(=O)NCc1ccccc1Cl. The lowest BCUT2D eigenvalue weighted by Gasteiger charge is -2.35. The van der Waals surface area contributed by atoms with Crippen LogP contribution in [-0.2, 0) is 25.7 Å². The highest BCUT2D eigenvalue weighted by atomic mass is 35.5. The molecule has 0 aromatic heterocycles. The molecule has 0 bridgehead atoms. The van der Waals surface area contributed by atoms with E-state index in [2.05, 4.69) is 10.6 Å². The maximum absolute atomic E-state index is 12.4. The first kappa shape index (κ1) is 20.0. The fourth-order valence-corrected chi connectivity index (χ4v) is 5.04. The van der Waals surface area contributed by atoms with Gasteiger partial charge in [-0.05, 0) is 31.4 Å². The molecule has 1 aliphatic carbocycles. The van der Waals surface area contributed by atoms with Crippen LogP contribution in [-0.4, -0.2) is 40.4 Å². The van der Waals surface area contributed by atoms with Gasteiger partial charge in [0.15, 0.2) is 6.10 Å². The van der Waals surface area contributed by atoms with E-state index in [0.29, 0.717) is 10.8 Å². The molecule has 1 aliphatic heterocycles. The van der Waals surface area contributed by atoms with Crippen LogP contribution < -0.4 is 10.6 Å². The fraction of sp³-hybridized carbons (Fsp3) is 0.526. The zero-order chi connectivity index (χ0) is 19.4. The van der Waals surface area contributed by atoms with Gasteiger partial charge in [0.25, 0.3) is 5.91 Å². The predicted octanol–water partition coefficient (Wildman–Crippen LogP) is 2.43. The lowest BCUT2D eigenvalue weighted by Crippen LogP contribution is -2.56. The number of carbonyl (C=O) groups is 3. The first-order valence-electron chi connectivity index (χ1n) is 9.08. The summed E-state index contributed by atoms with van der Waals surface area (Å²) >= 11 is 7.59. The van der Waals surface area contributed by atoms with Crippen molar-refractivity contribution in [2.75, 3.05) is 5.75 Å². The molecule has 2 N–H and O–H groups in total. The van der Waals surface area contributed by atoms with E-state index < -0.39 is 24.0 Å². The number of nitrogens with one attached hydrogen (secondary N) is 2. The van der Waals surface area contributed by atoms with E-state index >= 15 is 0 Å². The molecule has 1 heterocycles. The predicted molar refractivity (Wildman–Crippen MR) is 104 cm³/mol. The van der Waals surface area contributed by atoms with Crippen molar-refractivity contribution in [1.29, 1.82) is 0 Å². The summed E-state index contributed by atoms with van der Waals surface area (Å²) in [6, 6.07) is 6.48. The number of hydrogen-bond acceptors (Lipinski definition) is 5. The van der Waals surface area contributed by atoms with E-state index in [0.717, 1.165) is 31.2 Å². The Labute approximate surface area is 167 Å². The van der Waals surface area contributed by atoms with Crippen LogP contribution in [0.25, 0.3) is 0 Å². The van der Waals surface area contributed by atoms with Gasteiger partial charge in [-0.1, -0.05) is 42.6 Å².